The predicted octanol–water partition coefficient (Wildman–Crippen LogP) is 2.04. The van der Waals surface area contributed by atoms with Gasteiger partial charge in [0.05, 0.1) is 0 Å². The summed E-state index contributed by atoms with van der Waals surface area (Å²) in [5, 5.41) is 0. The van der Waals surface area contributed by atoms with Crippen molar-refractivity contribution in [3.63, 3.8) is 0 Å². The number of hydrogen-bond acceptors (Lipinski definition) is 3. The summed E-state index contributed by atoms with van der Waals surface area (Å²) in [7, 11) is 0. The third-order valence-electron chi connectivity index (χ3n) is 3.79. The molecule has 3 heteroatoms. The Morgan fingerprint density at radius 2 is 2.06 bits per heavy atom. The summed E-state index contributed by atoms with van der Waals surface area (Å²) in [5.41, 5.74) is 7.00. The Kier molecular flexibility index (Phi) is 4.61. The van der Waals surface area contributed by atoms with Crippen molar-refractivity contribution in [3.8, 4) is 5.75 Å². The van der Waals surface area contributed by atoms with Crippen molar-refractivity contribution >= 4 is 0 Å². The van der Waals surface area contributed by atoms with Crippen LogP contribution in [0.4, 0.5) is 0 Å². The third-order valence-corrected chi connectivity index (χ3v) is 3.79. The summed E-state index contributed by atoms with van der Waals surface area (Å²) >= 11 is 0. The number of hydrogen-bond donors (Lipinski definition) is 1. The molecular formula is C15H24N2O. The van der Waals surface area contributed by atoms with Gasteiger partial charge in [0, 0.05) is 19.1 Å². The normalized spacial score (nSPS) is 24.4. The van der Waals surface area contributed by atoms with Gasteiger partial charge in [-0.15, -0.1) is 0 Å². The highest BCUT2D eigenvalue weighted by Crippen LogP contribution is 2.21. The Morgan fingerprint density at radius 1 is 1.33 bits per heavy atom. The molecular weight excluding hydrogens is 224 g/mol. The Bertz CT molecular complexity index is 363. The Morgan fingerprint density at radius 3 is 2.67 bits per heavy atom. The van der Waals surface area contributed by atoms with E-state index in [9.17, 15) is 0 Å². The Balaban J connectivity index is 1.74. The van der Waals surface area contributed by atoms with Crippen LogP contribution < -0.4 is 10.5 Å². The molecule has 3 nitrogen and oxygen atoms in total. The van der Waals surface area contributed by atoms with E-state index >= 15 is 0 Å². The molecule has 1 aliphatic heterocycles. The van der Waals surface area contributed by atoms with E-state index in [1.54, 1.807) is 0 Å². The zero-order valence-corrected chi connectivity index (χ0v) is 11.4. The summed E-state index contributed by atoms with van der Waals surface area (Å²) in [5.74, 6) is 1.63. The maximum atomic E-state index is 5.77. The minimum absolute atomic E-state index is 0.639. The third kappa shape index (κ3) is 3.47. The lowest BCUT2D eigenvalue weighted by Gasteiger charge is -2.21. The van der Waals surface area contributed by atoms with Crippen LogP contribution in [0.2, 0.25) is 0 Å². The highest BCUT2D eigenvalue weighted by atomic mass is 16.5. The number of nitrogens with zero attached hydrogens (tertiary/aromatic N) is 1. The van der Waals surface area contributed by atoms with Gasteiger partial charge in [-0.25, -0.2) is 0 Å². The van der Waals surface area contributed by atoms with Crippen LogP contribution in [0.1, 0.15) is 18.9 Å². The molecule has 0 amide bonds. The number of rotatable bonds is 5. The lowest BCUT2D eigenvalue weighted by Crippen LogP contribution is -2.32. The Hall–Kier alpha value is -1.06. The molecule has 0 bridgehead atoms. The average molecular weight is 248 g/mol. The summed E-state index contributed by atoms with van der Waals surface area (Å²) in [4.78, 5) is 2.48. The number of likely N-dealkylation sites (tertiary alicyclic amines) is 1. The van der Waals surface area contributed by atoms with E-state index in [0.29, 0.717) is 12.0 Å². The fraction of sp³-hybridized carbons (Fsp3) is 0.600. The van der Waals surface area contributed by atoms with Crippen LogP contribution in [0.15, 0.2) is 24.3 Å². The number of nitrogens with two attached hydrogens (primary N) is 1. The van der Waals surface area contributed by atoms with E-state index in [1.807, 2.05) is 12.1 Å². The van der Waals surface area contributed by atoms with Gasteiger partial charge >= 0.3 is 0 Å². The molecule has 0 saturated carbocycles. The first-order valence-electron chi connectivity index (χ1n) is 6.82. The van der Waals surface area contributed by atoms with E-state index in [2.05, 4.69) is 30.9 Å². The lowest BCUT2D eigenvalue weighted by atomic mass is 10.1. The van der Waals surface area contributed by atoms with Crippen molar-refractivity contribution in [2.24, 2.45) is 11.7 Å². The molecule has 1 aromatic rings. The minimum atomic E-state index is 0.639. The molecule has 1 saturated heterocycles. The second-order valence-electron chi connectivity index (χ2n) is 5.34. The van der Waals surface area contributed by atoms with Crippen LogP contribution in [0.3, 0.4) is 0 Å². The van der Waals surface area contributed by atoms with Gasteiger partial charge in [0.15, 0.2) is 0 Å². The molecule has 1 fully saturated rings. The fourth-order valence-electron chi connectivity index (χ4n) is 2.62. The molecule has 0 aliphatic carbocycles. The second-order valence-corrected chi connectivity index (χ2v) is 5.34. The topological polar surface area (TPSA) is 38.5 Å². The van der Waals surface area contributed by atoms with Crippen LogP contribution in [0.25, 0.3) is 0 Å². The summed E-state index contributed by atoms with van der Waals surface area (Å²) < 4.78 is 5.77. The summed E-state index contributed by atoms with van der Waals surface area (Å²) in [6.45, 7) is 8.04. The molecule has 0 aromatic heterocycles. The quantitative estimate of drug-likeness (QED) is 0.866. The minimum Gasteiger partial charge on any atom is -0.492 e. The Labute approximate surface area is 110 Å². The van der Waals surface area contributed by atoms with Crippen molar-refractivity contribution in [2.75, 3.05) is 26.2 Å². The number of benzene rings is 1. The van der Waals surface area contributed by atoms with E-state index in [0.717, 1.165) is 32.0 Å². The molecule has 0 radical (unpaired) electrons. The molecule has 18 heavy (non-hydrogen) atoms. The van der Waals surface area contributed by atoms with Gasteiger partial charge in [-0.05, 0) is 44.9 Å². The van der Waals surface area contributed by atoms with E-state index < -0.39 is 0 Å². The number of aryl methyl sites for hydroxylation is 1. The van der Waals surface area contributed by atoms with Crippen molar-refractivity contribution in [2.45, 2.75) is 26.3 Å². The van der Waals surface area contributed by atoms with E-state index in [4.69, 9.17) is 10.5 Å². The largest absolute Gasteiger partial charge is 0.492 e. The highest BCUT2D eigenvalue weighted by molar-refractivity contribution is 5.26. The zero-order chi connectivity index (χ0) is 13.0. The van der Waals surface area contributed by atoms with Crippen molar-refractivity contribution in [1.29, 1.82) is 0 Å². The van der Waals surface area contributed by atoms with Crippen molar-refractivity contribution in [1.82, 2.24) is 4.90 Å². The maximum Gasteiger partial charge on any atom is 0.119 e. The predicted molar refractivity (Wildman–Crippen MR) is 74.9 cm³/mol. The highest BCUT2D eigenvalue weighted by Gasteiger charge is 2.27. The van der Waals surface area contributed by atoms with Gasteiger partial charge in [-0.3, -0.25) is 4.90 Å². The monoisotopic (exact) mass is 248 g/mol. The van der Waals surface area contributed by atoms with Gasteiger partial charge in [0.1, 0.15) is 12.4 Å². The van der Waals surface area contributed by atoms with E-state index in [1.165, 1.54) is 12.0 Å². The van der Waals surface area contributed by atoms with Crippen molar-refractivity contribution in [3.05, 3.63) is 29.8 Å². The number of ether oxygens (including phenoxy) is 1. The second kappa shape index (κ2) is 6.21. The summed E-state index contributed by atoms with van der Waals surface area (Å²) in [6, 6.07) is 8.87. The van der Waals surface area contributed by atoms with E-state index in [-0.39, 0.29) is 0 Å². The van der Waals surface area contributed by atoms with Crippen molar-refractivity contribution < 1.29 is 4.74 Å². The molecule has 100 valence electrons. The van der Waals surface area contributed by atoms with Crippen LogP contribution in [0.5, 0.6) is 5.75 Å². The van der Waals surface area contributed by atoms with Gasteiger partial charge in [-0.2, -0.15) is 0 Å². The van der Waals surface area contributed by atoms with Gasteiger partial charge < -0.3 is 10.5 Å². The van der Waals surface area contributed by atoms with Crippen LogP contribution in [0, 0.1) is 12.8 Å². The first-order chi connectivity index (χ1) is 8.69. The molecule has 2 unspecified atom stereocenters. The summed E-state index contributed by atoms with van der Waals surface area (Å²) in [6.07, 6.45) is 1.22. The van der Waals surface area contributed by atoms with Gasteiger partial charge in [0.25, 0.3) is 0 Å². The zero-order valence-electron chi connectivity index (χ0n) is 11.4. The molecule has 2 atom stereocenters. The van der Waals surface area contributed by atoms with Crippen LogP contribution >= 0.6 is 0 Å². The van der Waals surface area contributed by atoms with Gasteiger partial charge in [-0.1, -0.05) is 17.7 Å². The molecule has 1 aliphatic rings. The average Bonchev–Trinajstić information content (AvgIpc) is 2.73. The van der Waals surface area contributed by atoms with Crippen LogP contribution in [-0.4, -0.2) is 37.2 Å². The first kappa shape index (κ1) is 13.4. The lowest BCUT2D eigenvalue weighted by molar-refractivity contribution is 0.202. The SMILES string of the molecule is Cc1ccc(OCCN2CC(CN)CC2C)cc1. The molecule has 2 rings (SSSR count). The maximum absolute atomic E-state index is 5.77. The van der Waals surface area contributed by atoms with Gasteiger partial charge in [0.2, 0.25) is 0 Å². The van der Waals surface area contributed by atoms with Crippen LogP contribution in [-0.2, 0) is 0 Å². The molecule has 1 heterocycles. The smallest absolute Gasteiger partial charge is 0.119 e. The first-order valence-corrected chi connectivity index (χ1v) is 6.82. The molecule has 0 spiro atoms. The fourth-order valence-corrected chi connectivity index (χ4v) is 2.62. The standard InChI is InChI=1S/C15H24N2O/c1-12-3-5-15(6-4-12)18-8-7-17-11-14(10-16)9-13(17)2/h3-6,13-14H,7-11,16H2,1-2H3. The molecule has 1 aromatic carbocycles. The molecule has 2 N–H and O–H groups in total.